The zero-order chi connectivity index (χ0) is 15.1. The van der Waals surface area contributed by atoms with Crippen molar-refractivity contribution in [3.05, 3.63) is 75.4 Å². The van der Waals surface area contributed by atoms with Gasteiger partial charge in [-0.2, -0.15) is 0 Å². The minimum atomic E-state index is 0.0902. The van der Waals surface area contributed by atoms with Crippen LogP contribution >= 0.6 is 22.6 Å². The first-order valence-corrected chi connectivity index (χ1v) is 8.37. The van der Waals surface area contributed by atoms with Crippen LogP contribution in [0.4, 0.5) is 5.69 Å². The number of hydrogen-bond donors (Lipinski definition) is 1. The van der Waals surface area contributed by atoms with Crippen LogP contribution in [-0.4, -0.2) is 5.91 Å². The Hall–Kier alpha value is -1.88. The van der Waals surface area contributed by atoms with Crippen LogP contribution in [0.5, 0.6) is 0 Å². The summed E-state index contributed by atoms with van der Waals surface area (Å²) in [5.41, 5.74) is 3.38. The Morgan fingerprint density at radius 2 is 1.73 bits per heavy atom. The maximum atomic E-state index is 12.2. The maximum absolute atomic E-state index is 12.2. The first-order chi connectivity index (χ1) is 10.7. The van der Waals surface area contributed by atoms with E-state index in [9.17, 15) is 4.79 Å². The minimum absolute atomic E-state index is 0.0902. The molecule has 1 heterocycles. The highest BCUT2D eigenvalue weighted by Crippen LogP contribution is 2.40. The van der Waals surface area contributed by atoms with E-state index in [1.807, 2.05) is 12.1 Å². The highest BCUT2D eigenvalue weighted by Gasteiger charge is 2.27. The van der Waals surface area contributed by atoms with Gasteiger partial charge in [-0.25, -0.2) is 0 Å². The molecular formula is C19H14INO. The maximum Gasteiger partial charge on any atom is 0.225 e. The van der Waals surface area contributed by atoms with Gasteiger partial charge >= 0.3 is 0 Å². The van der Waals surface area contributed by atoms with Crippen molar-refractivity contribution in [2.45, 2.75) is 12.3 Å². The van der Waals surface area contributed by atoms with Gasteiger partial charge in [0.05, 0.1) is 5.69 Å². The lowest BCUT2D eigenvalue weighted by atomic mass is 9.83. The standard InChI is InChI=1S/C19H14INO/c20-14-8-5-13(6-9-14)17-11-18(22)21-19-15-4-2-1-3-12(15)7-10-16(17)19/h1-10,17H,11H2,(H,21,22). The molecule has 0 radical (unpaired) electrons. The summed E-state index contributed by atoms with van der Waals surface area (Å²) in [6, 6.07) is 21.0. The monoisotopic (exact) mass is 399 g/mol. The van der Waals surface area contributed by atoms with E-state index in [1.165, 1.54) is 14.7 Å². The second kappa shape index (κ2) is 5.39. The molecule has 0 saturated heterocycles. The fourth-order valence-corrected chi connectivity index (χ4v) is 3.56. The van der Waals surface area contributed by atoms with Crippen molar-refractivity contribution >= 4 is 45.0 Å². The smallest absolute Gasteiger partial charge is 0.225 e. The third-order valence-corrected chi connectivity index (χ3v) is 4.98. The van der Waals surface area contributed by atoms with Crippen molar-refractivity contribution in [2.24, 2.45) is 0 Å². The van der Waals surface area contributed by atoms with Crippen LogP contribution in [0.15, 0.2) is 60.7 Å². The number of rotatable bonds is 1. The second-order valence-electron chi connectivity index (χ2n) is 5.61. The van der Waals surface area contributed by atoms with E-state index < -0.39 is 0 Å². The van der Waals surface area contributed by atoms with Crippen LogP contribution < -0.4 is 5.32 Å². The van der Waals surface area contributed by atoms with E-state index in [1.54, 1.807) is 0 Å². The van der Waals surface area contributed by atoms with E-state index in [4.69, 9.17) is 0 Å². The Morgan fingerprint density at radius 3 is 2.55 bits per heavy atom. The molecule has 3 aromatic carbocycles. The number of nitrogens with one attached hydrogen (secondary N) is 1. The normalized spacial score (nSPS) is 17.1. The molecule has 0 saturated carbocycles. The Balaban J connectivity index is 1.92. The molecule has 0 aliphatic carbocycles. The molecule has 0 aromatic heterocycles. The van der Waals surface area contributed by atoms with Crippen LogP contribution in [-0.2, 0) is 4.79 Å². The molecule has 108 valence electrons. The fourth-order valence-electron chi connectivity index (χ4n) is 3.20. The molecule has 1 aliphatic heterocycles. The summed E-state index contributed by atoms with van der Waals surface area (Å²) < 4.78 is 1.21. The number of hydrogen-bond acceptors (Lipinski definition) is 1. The Morgan fingerprint density at radius 1 is 0.955 bits per heavy atom. The topological polar surface area (TPSA) is 29.1 Å². The van der Waals surface area contributed by atoms with Crippen molar-refractivity contribution in [3.8, 4) is 0 Å². The molecule has 1 atom stereocenters. The van der Waals surface area contributed by atoms with Gasteiger partial charge in [0, 0.05) is 21.3 Å². The van der Waals surface area contributed by atoms with Gasteiger partial charge in [0.1, 0.15) is 0 Å². The van der Waals surface area contributed by atoms with Crippen molar-refractivity contribution < 1.29 is 4.79 Å². The predicted molar refractivity (Wildman–Crippen MR) is 98.2 cm³/mol. The van der Waals surface area contributed by atoms with Gasteiger partial charge < -0.3 is 5.32 Å². The van der Waals surface area contributed by atoms with Crippen molar-refractivity contribution in [2.75, 3.05) is 5.32 Å². The summed E-state index contributed by atoms with van der Waals surface area (Å²) in [6.45, 7) is 0. The number of carbonyl (C=O) groups is 1. The number of halogens is 1. The van der Waals surface area contributed by atoms with Crippen LogP contribution in [0.3, 0.4) is 0 Å². The number of benzene rings is 3. The van der Waals surface area contributed by atoms with E-state index in [0.717, 1.165) is 16.5 Å². The van der Waals surface area contributed by atoms with Crippen molar-refractivity contribution in [3.63, 3.8) is 0 Å². The van der Waals surface area contributed by atoms with Crippen LogP contribution in [0, 0.1) is 3.57 Å². The lowest BCUT2D eigenvalue weighted by molar-refractivity contribution is -0.116. The molecule has 1 unspecified atom stereocenters. The summed E-state index contributed by atoms with van der Waals surface area (Å²) in [5.74, 6) is 0.220. The summed E-state index contributed by atoms with van der Waals surface area (Å²) in [5, 5.41) is 5.35. The van der Waals surface area contributed by atoms with E-state index in [-0.39, 0.29) is 11.8 Å². The van der Waals surface area contributed by atoms with Gasteiger partial charge in [-0.05, 0) is 51.2 Å². The van der Waals surface area contributed by atoms with Crippen LogP contribution in [0.1, 0.15) is 23.5 Å². The van der Waals surface area contributed by atoms with E-state index >= 15 is 0 Å². The molecule has 0 spiro atoms. The van der Waals surface area contributed by atoms with Gasteiger partial charge in [-0.3, -0.25) is 4.79 Å². The van der Waals surface area contributed by atoms with Gasteiger partial charge in [-0.1, -0.05) is 48.5 Å². The lowest BCUT2D eigenvalue weighted by Gasteiger charge is -2.27. The number of fused-ring (bicyclic) bond motifs is 3. The average Bonchev–Trinajstić information content (AvgIpc) is 2.55. The molecule has 0 fully saturated rings. The zero-order valence-corrected chi connectivity index (χ0v) is 14.0. The van der Waals surface area contributed by atoms with Gasteiger partial charge in [0.15, 0.2) is 0 Å². The molecule has 4 rings (SSSR count). The number of anilines is 1. The molecule has 1 N–H and O–H groups in total. The van der Waals surface area contributed by atoms with Crippen molar-refractivity contribution in [1.29, 1.82) is 0 Å². The Labute approximate surface area is 142 Å². The van der Waals surface area contributed by atoms with E-state index in [2.05, 4.69) is 76.4 Å². The third kappa shape index (κ3) is 2.29. The van der Waals surface area contributed by atoms with Crippen LogP contribution in [0.2, 0.25) is 0 Å². The Kier molecular flexibility index (Phi) is 3.37. The summed E-state index contributed by atoms with van der Waals surface area (Å²) in [6.07, 6.45) is 0.506. The molecule has 3 heteroatoms. The molecule has 1 amide bonds. The van der Waals surface area contributed by atoms with Gasteiger partial charge in [-0.15, -0.1) is 0 Å². The summed E-state index contributed by atoms with van der Waals surface area (Å²) in [7, 11) is 0. The summed E-state index contributed by atoms with van der Waals surface area (Å²) in [4.78, 5) is 12.2. The fraction of sp³-hybridized carbons (Fsp3) is 0.105. The van der Waals surface area contributed by atoms with Gasteiger partial charge in [0.25, 0.3) is 0 Å². The first-order valence-electron chi connectivity index (χ1n) is 7.29. The predicted octanol–water partition coefficient (Wildman–Crippen LogP) is 4.92. The van der Waals surface area contributed by atoms with Gasteiger partial charge in [0.2, 0.25) is 5.91 Å². The molecule has 1 aliphatic rings. The number of carbonyl (C=O) groups excluding carboxylic acids is 1. The molecule has 0 bridgehead atoms. The van der Waals surface area contributed by atoms with Crippen molar-refractivity contribution in [1.82, 2.24) is 0 Å². The molecule has 2 nitrogen and oxygen atoms in total. The SMILES string of the molecule is O=C1CC(c2ccc(I)cc2)c2ccc3ccccc3c2N1. The zero-order valence-electron chi connectivity index (χ0n) is 11.8. The minimum Gasteiger partial charge on any atom is -0.325 e. The molecule has 3 aromatic rings. The second-order valence-corrected chi connectivity index (χ2v) is 6.85. The summed E-state index contributed by atoms with van der Waals surface area (Å²) >= 11 is 2.30. The van der Waals surface area contributed by atoms with E-state index in [0.29, 0.717) is 6.42 Å². The Bertz CT molecular complexity index is 870. The molecule has 22 heavy (non-hydrogen) atoms. The highest BCUT2D eigenvalue weighted by atomic mass is 127. The first kappa shape index (κ1) is 13.8. The largest absolute Gasteiger partial charge is 0.325 e. The average molecular weight is 399 g/mol. The lowest BCUT2D eigenvalue weighted by Crippen LogP contribution is -2.23. The quantitative estimate of drug-likeness (QED) is 0.579. The van der Waals surface area contributed by atoms with Crippen LogP contribution in [0.25, 0.3) is 10.8 Å². The highest BCUT2D eigenvalue weighted by molar-refractivity contribution is 14.1. The molecular weight excluding hydrogens is 385 g/mol. The third-order valence-electron chi connectivity index (χ3n) is 4.26. The number of amides is 1.